The third-order valence-corrected chi connectivity index (χ3v) is 3.82. The molecule has 2 rings (SSSR count). The molecule has 1 heterocycles. The van der Waals surface area contributed by atoms with Crippen LogP contribution in [-0.2, 0) is 4.74 Å². The van der Waals surface area contributed by atoms with E-state index >= 15 is 0 Å². The number of ether oxygens (including phenoxy) is 1. The summed E-state index contributed by atoms with van der Waals surface area (Å²) in [7, 11) is 0. The van der Waals surface area contributed by atoms with Crippen molar-refractivity contribution < 1.29 is 9.53 Å². The van der Waals surface area contributed by atoms with E-state index in [1.54, 1.807) is 0 Å². The fraction of sp³-hybridized carbons (Fsp3) is 0.588. The molecule has 1 aromatic carbocycles. The Bertz CT molecular complexity index is 442. The predicted octanol–water partition coefficient (Wildman–Crippen LogP) is 3.06. The minimum absolute atomic E-state index is 0.000159. The highest BCUT2D eigenvalue weighted by Crippen LogP contribution is 2.16. The van der Waals surface area contributed by atoms with Gasteiger partial charge in [-0.15, -0.1) is 0 Å². The summed E-state index contributed by atoms with van der Waals surface area (Å²) >= 11 is 0. The average molecular weight is 290 g/mol. The summed E-state index contributed by atoms with van der Waals surface area (Å²) in [4.78, 5) is 12.3. The van der Waals surface area contributed by atoms with E-state index in [4.69, 9.17) is 4.74 Å². The molecule has 1 amide bonds. The van der Waals surface area contributed by atoms with Gasteiger partial charge in [0.1, 0.15) is 0 Å². The second kappa shape index (κ2) is 8.67. The third-order valence-electron chi connectivity index (χ3n) is 3.82. The summed E-state index contributed by atoms with van der Waals surface area (Å²) in [5.74, 6) is 0.447. The zero-order chi connectivity index (χ0) is 14.9. The molecule has 0 radical (unpaired) electrons. The molecule has 1 aliphatic heterocycles. The molecule has 1 fully saturated rings. The number of unbranched alkanes of at least 4 members (excludes halogenated alkanes) is 1. The minimum atomic E-state index is 0.000159. The van der Waals surface area contributed by atoms with Crippen LogP contribution in [0.1, 0.15) is 43.0 Å². The molecule has 21 heavy (non-hydrogen) atoms. The monoisotopic (exact) mass is 290 g/mol. The molecule has 1 atom stereocenters. The fourth-order valence-corrected chi connectivity index (χ4v) is 2.54. The van der Waals surface area contributed by atoms with E-state index in [2.05, 4.69) is 17.6 Å². The predicted molar refractivity (Wildman–Crippen MR) is 85.7 cm³/mol. The zero-order valence-corrected chi connectivity index (χ0v) is 12.9. The number of nitrogens with one attached hydrogen (secondary N) is 2. The Hall–Kier alpha value is -1.55. The van der Waals surface area contributed by atoms with Gasteiger partial charge < -0.3 is 15.4 Å². The van der Waals surface area contributed by atoms with Crippen LogP contribution in [0.2, 0.25) is 0 Å². The lowest BCUT2D eigenvalue weighted by Gasteiger charge is -2.22. The molecule has 0 spiro atoms. The van der Waals surface area contributed by atoms with Crippen LogP contribution in [-0.4, -0.2) is 32.2 Å². The standard InChI is InChI=1S/C17H26N2O2/c1-2-3-10-18-16-9-5-4-8-15(16)17(20)19-12-14-7-6-11-21-13-14/h4-5,8-9,14,18H,2-3,6-7,10-13H2,1H3,(H,19,20). The molecular weight excluding hydrogens is 264 g/mol. The highest BCUT2D eigenvalue weighted by Gasteiger charge is 2.16. The minimum Gasteiger partial charge on any atom is -0.384 e. The largest absolute Gasteiger partial charge is 0.384 e. The first-order valence-electron chi connectivity index (χ1n) is 8.00. The van der Waals surface area contributed by atoms with Crippen LogP contribution >= 0.6 is 0 Å². The van der Waals surface area contributed by atoms with Crippen LogP contribution in [0, 0.1) is 5.92 Å². The maximum atomic E-state index is 12.3. The number of hydrogen-bond acceptors (Lipinski definition) is 3. The molecule has 2 N–H and O–H groups in total. The number of anilines is 1. The maximum Gasteiger partial charge on any atom is 0.253 e. The van der Waals surface area contributed by atoms with Gasteiger partial charge in [0.25, 0.3) is 5.91 Å². The van der Waals surface area contributed by atoms with Crippen LogP contribution in [0.25, 0.3) is 0 Å². The van der Waals surface area contributed by atoms with Gasteiger partial charge in [-0.05, 0) is 37.3 Å². The van der Waals surface area contributed by atoms with Crippen LogP contribution in [0.15, 0.2) is 24.3 Å². The van der Waals surface area contributed by atoms with Crippen molar-refractivity contribution in [3.63, 3.8) is 0 Å². The van der Waals surface area contributed by atoms with E-state index in [-0.39, 0.29) is 5.91 Å². The first kappa shape index (κ1) is 15.8. The van der Waals surface area contributed by atoms with Gasteiger partial charge in [-0.2, -0.15) is 0 Å². The summed E-state index contributed by atoms with van der Waals surface area (Å²) < 4.78 is 5.45. The Morgan fingerprint density at radius 3 is 3.00 bits per heavy atom. The second-order valence-corrected chi connectivity index (χ2v) is 5.62. The van der Waals surface area contributed by atoms with Crippen molar-refractivity contribution in [3.8, 4) is 0 Å². The van der Waals surface area contributed by atoms with E-state index in [9.17, 15) is 4.79 Å². The average Bonchev–Trinajstić information content (AvgIpc) is 2.54. The van der Waals surface area contributed by atoms with E-state index in [1.807, 2.05) is 24.3 Å². The van der Waals surface area contributed by atoms with Gasteiger partial charge in [-0.1, -0.05) is 25.5 Å². The second-order valence-electron chi connectivity index (χ2n) is 5.62. The van der Waals surface area contributed by atoms with E-state index in [0.717, 1.165) is 56.7 Å². The quantitative estimate of drug-likeness (QED) is 0.759. The number of carbonyl (C=O) groups excluding carboxylic acids is 1. The van der Waals surface area contributed by atoms with Crippen molar-refractivity contribution in [2.75, 3.05) is 31.6 Å². The Morgan fingerprint density at radius 2 is 2.24 bits per heavy atom. The van der Waals surface area contributed by atoms with Gasteiger partial charge >= 0.3 is 0 Å². The Morgan fingerprint density at radius 1 is 1.38 bits per heavy atom. The Balaban J connectivity index is 1.88. The van der Waals surface area contributed by atoms with Crippen LogP contribution in [0.4, 0.5) is 5.69 Å². The highest BCUT2D eigenvalue weighted by molar-refractivity contribution is 5.99. The van der Waals surface area contributed by atoms with Gasteiger partial charge in [0.15, 0.2) is 0 Å². The SMILES string of the molecule is CCCCNc1ccccc1C(=O)NCC1CCCOC1. The first-order chi connectivity index (χ1) is 10.3. The van der Waals surface area contributed by atoms with Crippen LogP contribution < -0.4 is 10.6 Å². The molecule has 4 heteroatoms. The molecule has 4 nitrogen and oxygen atoms in total. The summed E-state index contributed by atoms with van der Waals surface area (Å²) in [6, 6.07) is 7.71. The van der Waals surface area contributed by atoms with Gasteiger partial charge in [0.05, 0.1) is 12.2 Å². The van der Waals surface area contributed by atoms with Crippen LogP contribution in [0.3, 0.4) is 0 Å². The Kier molecular flexibility index (Phi) is 6.54. The number of rotatable bonds is 7. The molecule has 1 saturated heterocycles. The molecule has 116 valence electrons. The van der Waals surface area contributed by atoms with Gasteiger partial charge in [-0.25, -0.2) is 0 Å². The van der Waals surface area contributed by atoms with Crippen molar-refractivity contribution in [1.82, 2.24) is 5.32 Å². The molecular formula is C17H26N2O2. The first-order valence-corrected chi connectivity index (χ1v) is 8.00. The number of para-hydroxylation sites is 1. The van der Waals surface area contributed by atoms with Gasteiger partial charge in [-0.3, -0.25) is 4.79 Å². The topological polar surface area (TPSA) is 50.4 Å². The van der Waals surface area contributed by atoms with E-state index in [1.165, 1.54) is 0 Å². The van der Waals surface area contributed by atoms with Crippen molar-refractivity contribution in [1.29, 1.82) is 0 Å². The number of carbonyl (C=O) groups is 1. The smallest absolute Gasteiger partial charge is 0.253 e. The van der Waals surface area contributed by atoms with E-state index < -0.39 is 0 Å². The van der Waals surface area contributed by atoms with Crippen molar-refractivity contribution in [2.24, 2.45) is 5.92 Å². The molecule has 1 unspecified atom stereocenters. The lowest BCUT2D eigenvalue weighted by molar-refractivity contribution is 0.0536. The molecule has 0 aliphatic carbocycles. The Labute approximate surface area is 127 Å². The lowest BCUT2D eigenvalue weighted by atomic mass is 10.0. The zero-order valence-electron chi connectivity index (χ0n) is 12.9. The van der Waals surface area contributed by atoms with Gasteiger partial charge in [0, 0.05) is 25.4 Å². The summed E-state index contributed by atoms with van der Waals surface area (Å²) in [5, 5.41) is 6.39. The number of hydrogen-bond donors (Lipinski definition) is 2. The molecule has 1 aromatic rings. The summed E-state index contributed by atoms with van der Waals surface area (Å²) in [5.41, 5.74) is 1.65. The normalized spacial score (nSPS) is 18.2. The molecule has 0 bridgehead atoms. The third kappa shape index (κ3) is 5.05. The van der Waals surface area contributed by atoms with E-state index in [0.29, 0.717) is 12.5 Å². The van der Waals surface area contributed by atoms with Crippen molar-refractivity contribution in [3.05, 3.63) is 29.8 Å². The number of benzene rings is 1. The summed E-state index contributed by atoms with van der Waals surface area (Å²) in [6.07, 6.45) is 4.48. The maximum absolute atomic E-state index is 12.3. The lowest BCUT2D eigenvalue weighted by Crippen LogP contribution is -2.33. The number of amides is 1. The molecule has 0 saturated carbocycles. The van der Waals surface area contributed by atoms with Crippen LogP contribution in [0.5, 0.6) is 0 Å². The molecule has 0 aromatic heterocycles. The summed E-state index contributed by atoms with van der Waals surface area (Å²) in [6.45, 7) is 5.37. The van der Waals surface area contributed by atoms with Crippen molar-refractivity contribution in [2.45, 2.75) is 32.6 Å². The fourth-order valence-electron chi connectivity index (χ4n) is 2.54. The highest BCUT2D eigenvalue weighted by atomic mass is 16.5. The molecule has 1 aliphatic rings. The van der Waals surface area contributed by atoms with Crippen molar-refractivity contribution >= 4 is 11.6 Å². The van der Waals surface area contributed by atoms with Gasteiger partial charge in [0.2, 0.25) is 0 Å².